The van der Waals surface area contributed by atoms with Crippen molar-refractivity contribution in [1.82, 2.24) is 10.6 Å². The molecule has 0 spiro atoms. The van der Waals surface area contributed by atoms with Crippen LogP contribution in [0.3, 0.4) is 0 Å². The van der Waals surface area contributed by atoms with Crippen molar-refractivity contribution in [2.75, 3.05) is 51.8 Å². The van der Waals surface area contributed by atoms with Gasteiger partial charge in [0.05, 0.1) is 13.2 Å². The zero-order valence-corrected chi connectivity index (χ0v) is 14.8. The van der Waals surface area contributed by atoms with E-state index in [1.54, 1.807) is 7.11 Å². The Bertz CT molecular complexity index is 380. The van der Waals surface area contributed by atoms with Gasteiger partial charge in [-0.25, -0.2) is 0 Å². The summed E-state index contributed by atoms with van der Waals surface area (Å²) >= 11 is 0. The first-order chi connectivity index (χ1) is 9.74. The van der Waals surface area contributed by atoms with Gasteiger partial charge in [0.1, 0.15) is 0 Å². The van der Waals surface area contributed by atoms with Gasteiger partial charge in [-0.3, -0.25) is 4.79 Å². The first-order valence-electron chi connectivity index (χ1n) is 6.96. The molecule has 0 heterocycles. The van der Waals surface area contributed by atoms with Crippen molar-refractivity contribution in [1.29, 1.82) is 0 Å². The van der Waals surface area contributed by atoms with Crippen LogP contribution in [0.5, 0.6) is 0 Å². The van der Waals surface area contributed by atoms with Crippen molar-refractivity contribution in [3.8, 4) is 0 Å². The molecule has 0 aromatic heterocycles. The molecule has 1 aromatic rings. The number of methoxy groups -OCH3 is 1. The van der Waals surface area contributed by atoms with Gasteiger partial charge in [-0.1, -0.05) is 18.2 Å². The number of carbonyl (C=O) groups is 1. The van der Waals surface area contributed by atoms with Gasteiger partial charge in [0.2, 0.25) is 5.91 Å². The van der Waals surface area contributed by atoms with Crippen molar-refractivity contribution < 1.29 is 9.53 Å². The molecule has 0 unspecified atom stereocenters. The Hall–Kier alpha value is -1.01. The summed E-state index contributed by atoms with van der Waals surface area (Å²) in [6.45, 7) is 3.27. The maximum absolute atomic E-state index is 11.5. The summed E-state index contributed by atoms with van der Waals surface area (Å²) < 4.78 is 4.89. The van der Waals surface area contributed by atoms with Crippen molar-refractivity contribution >= 4 is 36.4 Å². The fraction of sp³-hybridized carbons (Fsp3) is 0.533. The molecule has 5 nitrogen and oxygen atoms in total. The smallest absolute Gasteiger partial charge is 0.233 e. The van der Waals surface area contributed by atoms with Crippen LogP contribution in [-0.2, 0) is 9.53 Å². The topological polar surface area (TPSA) is 53.6 Å². The van der Waals surface area contributed by atoms with Crippen LogP contribution in [0.25, 0.3) is 0 Å². The number of hydrogen-bond acceptors (Lipinski definition) is 4. The number of nitrogens with zero attached hydrogens (tertiary/aromatic N) is 1. The first kappa shape index (κ1) is 23.3. The fourth-order valence-electron chi connectivity index (χ4n) is 1.79. The summed E-state index contributed by atoms with van der Waals surface area (Å²) in [5, 5.41) is 5.91. The molecule has 0 aliphatic rings. The number of benzene rings is 1. The van der Waals surface area contributed by atoms with E-state index in [2.05, 4.69) is 34.7 Å². The highest BCUT2D eigenvalue weighted by atomic mass is 35.5. The SMILES string of the molecule is COCCNCC(=O)NCCCN(C)c1ccccc1.Cl.Cl. The Balaban J connectivity index is 0. The first-order valence-corrected chi connectivity index (χ1v) is 6.96. The molecule has 7 heteroatoms. The Labute approximate surface area is 145 Å². The Morgan fingerprint density at radius 3 is 2.50 bits per heavy atom. The molecular weight excluding hydrogens is 325 g/mol. The highest BCUT2D eigenvalue weighted by Crippen LogP contribution is 2.10. The number of amides is 1. The van der Waals surface area contributed by atoms with Crippen molar-refractivity contribution in [2.45, 2.75) is 6.42 Å². The summed E-state index contributed by atoms with van der Waals surface area (Å²) in [5.41, 5.74) is 1.19. The van der Waals surface area contributed by atoms with Crippen LogP contribution < -0.4 is 15.5 Å². The molecular formula is C15H27Cl2N3O2. The molecule has 22 heavy (non-hydrogen) atoms. The van der Waals surface area contributed by atoms with E-state index in [4.69, 9.17) is 4.74 Å². The number of carbonyl (C=O) groups excluding carboxylic acids is 1. The minimum absolute atomic E-state index is 0. The van der Waals surface area contributed by atoms with Gasteiger partial charge in [0.25, 0.3) is 0 Å². The number of ether oxygens (including phenoxy) is 1. The standard InChI is InChI=1S/C15H25N3O2.2ClH/c1-18(14-7-4-3-5-8-14)11-6-9-17-15(19)13-16-10-12-20-2;;/h3-5,7-8,16H,6,9-13H2,1-2H3,(H,17,19);2*1H. The van der Waals surface area contributed by atoms with Crippen LogP contribution in [0.1, 0.15) is 6.42 Å². The molecule has 0 aliphatic carbocycles. The molecule has 1 amide bonds. The second-order valence-electron chi connectivity index (χ2n) is 4.63. The maximum atomic E-state index is 11.5. The van der Waals surface area contributed by atoms with E-state index in [0.717, 1.165) is 13.0 Å². The van der Waals surface area contributed by atoms with Gasteiger partial charge in [0, 0.05) is 39.5 Å². The van der Waals surface area contributed by atoms with Crippen LogP contribution in [0.4, 0.5) is 5.69 Å². The monoisotopic (exact) mass is 351 g/mol. The second-order valence-corrected chi connectivity index (χ2v) is 4.63. The Kier molecular flexibility index (Phi) is 15.8. The van der Waals surface area contributed by atoms with E-state index >= 15 is 0 Å². The lowest BCUT2D eigenvalue weighted by Gasteiger charge is -2.19. The number of nitrogens with one attached hydrogen (secondary N) is 2. The Morgan fingerprint density at radius 1 is 1.18 bits per heavy atom. The zero-order chi connectivity index (χ0) is 14.6. The number of halogens is 2. The summed E-state index contributed by atoms with van der Waals surface area (Å²) in [4.78, 5) is 13.7. The molecule has 0 aliphatic heterocycles. The third-order valence-corrected chi connectivity index (χ3v) is 2.96. The average Bonchev–Trinajstić information content (AvgIpc) is 2.49. The summed E-state index contributed by atoms with van der Waals surface area (Å²) in [5.74, 6) is 0.0310. The van der Waals surface area contributed by atoms with Crippen LogP contribution in [0, 0.1) is 0 Å². The lowest BCUT2D eigenvalue weighted by molar-refractivity contribution is -0.120. The second kappa shape index (κ2) is 14.9. The van der Waals surface area contributed by atoms with E-state index in [9.17, 15) is 4.79 Å². The van der Waals surface area contributed by atoms with Crippen molar-refractivity contribution in [2.24, 2.45) is 0 Å². The van der Waals surface area contributed by atoms with Gasteiger partial charge in [-0.2, -0.15) is 0 Å². The Morgan fingerprint density at radius 2 is 1.86 bits per heavy atom. The van der Waals surface area contributed by atoms with E-state index in [1.165, 1.54) is 5.69 Å². The number of anilines is 1. The molecule has 0 fully saturated rings. The highest BCUT2D eigenvalue weighted by Gasteiger charge is 2.01. The van der Waals surface area contributed by atoms with Gasteiger partial charge < -0.3 is 20.3 Å². The van der Waals surface area contributed by atoms with Crippen molar-refractivity contribution in [3.05, 3.63) is 30.3 Å². The quantitative estimate of drug-likeness (QED) is 0.630. The molecule has 1 rings (SSSR count). The molecule has 0 bridgehead atoms. The lowest BCUT2D eigenvalue weighted by atomic mass is 10.3. The largest absolute Gasteiger partial charge is 0.383 e. The maximum Gasteiger partial charge on any atom is 0.233 e. The molecule has 128 valence electrons. The molecule has 0 saturated carbocycles. The average molecular weight is 352 g/mol. The number of rotatable bonds is 10. The van der Waals surface area contributed by atoms with Gasteiger partial charge in [0.15, 0.2) is 0 Å². The predicted octanol–water partition coefficient (Wildman–Crippen LogP) is 1.71. The molecule has 0 saturated heterocycles. The van der Waals surface area contributed by atoms with Crippen LogP contribution in [0.15, 0.2) is 30.3 Å². The van der Waals surface area contributed by atoms with Gasteiger partial charge in [-0.05, 0) is 18.6 Å². The van der Waals surface area contributed by atoms with Crippen LogP contribution >= 0.6 is 24.8 Å². The number of hydrogen-bond donors (Lipinski definition) is 2. The normalized spacial score (nSPS) is 9.36. The van der Waals surface area contributed by atoms with Crippen molar-refractivity contribution in [3.63, 3.8) is 0 Å². The minimum atomic E-state index is 0. The lowest BCUT2D eigenvalue weighted by Crippen LogP contribution is -2.36. The minimum Gasteiger partial charge on any atom is -0.383 e. The molecule has 0 radical (unpaired) electrons. The van der Waals surface area contributed by atoms with Gasteiger partial charge in [-0.15, -0.1) is 24.8 Å². The molecule has 2 N–H and O–H groups in total. The summed E-state index contributed by atoms with van der Waals surface area (Å²) in [6, 6.07) is 10.2. The van der Waals surface area contributed by atoms with Gasteiger partial charge >= 0.3 is 0 Å². The highest BCUT2D eigenvalue weighted by molar-refractivity contribution is 5.85. The fourth-order valence-corrected chi connectivity index (χ4v) is 1.79. The van der Waals surface area contributed by atoms with Crippen LogP contribution in [-0.4, -0.2) is 52.9 Å². The van der Waals surface area contributed by atoms with E-state index in [0.29, 0.717) is 26.2 Å². The van der Waals surface area contributed by atoms with E-state index in [-0.39, 0.29) is 30.7 Å². The summed E-state index contributed by atoms with van der Waals surface area (Å²) in [6.07, 6.45) is 0.926. The predicted molar refractivity (Wildman–Crippen MR) is 96.6 cm³/mol. The number of para-hydroxylation sites is 1. The summed E-state index contributed by atoms with van der Waals surface area (Å²) in [7, 11) is 3.70. The van der Waals surface area contributed by atoms with E-state index in [1.807, 2.05) is 18.2 Å². The van der Waals surface area contributed by atoms with E-state index < -0.39 is 0 Å². The third-order valence-electron chi connectivity index (χ3n) is 2.96. The molecule has 1 aromatic carbocycles. The van der Waals surface area contributed by atoms with Crippen LogP contribution in [0.2, 0.25) is 0 Å². The molecule has 0 atom stereocenters. The third kappa shape index (κ3) is 10.7. The zero-order valence-electron chi connectivity index (χ0n) is 13.2.